The number of phenolic OH excluding ortho intramolecular Hbond substituents is 1. The average molecular weight is 236 g/mol. The molecule has 1 aromatic carbocycles. The summed E-state index contributed by atoms with van der Waals surface area (Å²) in [6.45, 7) is 0.488. The molecule has 0 aliphatic carbocycles. The van der Waals surface area contributed by atoms with Crippen LogP contribution in [0.1, 0.15) is 29.6 Å². The Bertz CT molecular complexity index is 404. The van der Waals surface area contributed by atoms with E-state index in [1.807, 2.05) is 0 Å². The fourth-order valence-electron chi connectivity index (χ4n) is 1.38. The number of amides is 2. The average Bonchev–Trinajstić information content (AvgIpc) is 2.28. The lowest BCUT2D eigenvalue weighted by atomic mass is 10.2. The Kier molecular flexibility index (Phi) is 5.00. The molecule has 1 aromatic rings. The van der Waals surface area contributed by atoms with Crippen molar-refractivity contribution in [3.05, 3.63) is 29.8 Å². The molecule has 17 heavy (non-hydrogen) atoms. The van der Waals surface area contributed by atoms with E-state index in [-0.39, 0.29) is 17.6 Å². The largest absolute Gasteiger partial charge is 0.508 e. The number of nitrogens with one attached hydrogen (secondary N) is 1. The molecule has 92 valence electrons. The Labute approximate surface area is 99.6 Å². The monoisotopic (exact) mass is 236 g/mol. The van der Waals surface area contributed by atoms with Crippen molar-refractivity contribution in [3.8, 4) is 5.75 Å². The summed E-state index contributed by atoms with van der Waals surface area (Å²) >= 11 is 0. The number of rotatable bonds is 6. The molecule has 0 saturated carbocycles. The number of carbonyl (C=O) groups excluding carboxylic acids is 2. The molecule has 0 aliphatic rings. The fourth-order valence-corrected chi connectivity index (χ4v) is 1.38. The van der Waals surface area contributed by atoms with Crippen LogP contribution in [0.3, 0.4) is 0 Å². The summed E-state index contributed by atoms with van der Waals surface area (Å²) in [5.74, 6) is -0.504. The van der Waals surface area contributed by atoms with Crippen molar-refractivity contribution in [1.82, 2.24) is 5.32 Å². The highest BCUT2D eigenvalue weighted by Crippen LogP contribution is 2.10. The van der Waals surface area contributed by atoms with Gasteiger partial charge in [-0.05, 0) is 31.0 Å². The molecule has 4 N–H and O–H groups in total. The summed E-state index contributed by atoms with van der Waals surface area (Å²) in [6.07, 6.45) is 1.70. The van der Waals surface area contributed by atoms with Crippen molar-refractivity contribution in [2.24, 2.45) is 5.73 Å². The molecule has 0 aromatic heterocycles. The van der Waals surface area contributed by atoms with Crippen molar-refractivity contribution in [2.75, 3.05) is 6.54 Å². The second kappa shape index (κ2) is 6.52. The van der Waals surface area contributed by atoms with Gasteiger partial charge in [-0.1, -0.05) is 6.07 Å². The molecule has 0 radical (unpaired) electrons. The van der Waals surface area contributed by atoms with E-state index in [2.05, 4.69) is 5.32 Å². The minimum absolute atomic E-state index is 0.0615. The van der Waals surface area contributed by atoms with Gasteiger partial charge in [-0.15, -0.1) is 0 Å². The summed E-state index contributed by atoms with van der Waals surface area (Å²) in [6, 6.07) is 6.14. The van der Waals surface area contributed by atoms with E-state index in [4.69, 9.17) is 5.73 Å². The summed E-state index contributed by atoms with van der Waals surface area (Å²) in [4.78, 5) is 22.0. The van der Waals surface area contributed by atoms with Crippen molar-refractivity contribution in [2.45, 2.75) is 19.3 Å². The normalized spacial score (nSPS) is 9.88. The predicted octanol–water partition coefficient (Wildman–Crippen LogP) is 0.778. The third-order valence-corrected chi connectivity index (χ3v) is 2.24. The molecule has 0 saturated heterocycles. The Balaban J connectivity index is 2.28. The lowest BCUT2D eigenvalue weighted by Crippen LogP contribution is -2.24. The number of nitrogens with two attached hydrogens (primary N) is 1. The highest BCUT2D eigenvalue weighted by Gasteiger charge is 2.04. The van der Waals surface area contributed by atoms with Gasteiger partial charge in [0.15, 0.2) is 0 Å². The zero-order chi connectivity index (χ0) is 12.7. The van der Waals surface area contributed by atoms with Crippen LogP contribution in [0.4, 0.5) is 0 Å². The van der Waals surface area contributed by atoms with Gasteiger partial charge >= 0.3 is 0 Å². The molecular formula is C12H16N2O3. The molecular weight excluding hydrogens is 220 g/mol. The number of hydrogen-bond acceptors (Lipinski definition) is 3. The first-order valence-corrected chi connectivity index (χ1v) is 5.45. The van der Waals surface area contributed by atoms with Crippen LogP contribution in [-0.4, -0.2) is 23.5 Å². The van der Waals surface area contributed by atoms with E-state index >= 15 is 0 Å². The maximum atomic E-state index is 11.6. The summed E-state index contributed by atoms with van der Waals surface area (Å²) in [5, 5.41) is 11.9. The maximum absolute atomic E-state index is 11.6. The lowest BCUT2D eigenvalue weighted by molar-refractivity contribution is -0.118. The number of hydrogen-bond donors (Lipinski definition) is 3. The van der Waals surface area contributed by atoms with Crippen LogP contribution in [-0.2, 0) is 4.79 Å². The molecule has 2 amide bonds. The molecule has 0 heterocycles. The van der Waals surface area contributed by atoms with Crippen molar-refractivity contribution in [3.63, 3.8) is 0 Å². The number of phenols is 1. The van der Waals surface area contributed by atoms with Crippen LogP contribution >= 0.6 is 0 Å². The fraction of sp³-hybridized carbons (Fsp3) is 0.333. The highest BCUT2D eigenvalue weighted by molar-refractivity contribution is 5.94. The highest BCUT2D eigenvalue weighted by atomic mass is 16.3. The van der Waals surface area contributed by atoms with E-state index in [1.165, 1.54) is 12.1 Å². The van der Waals surface area contributed by atoms with Crippen LogP contribution in [0.15, 0.2) is 24.3 Å². The Morgan fingerprint density at radius 1 is 1.29 bits per heavy atom. The first-order valence-electron chi connectivity index (χ1n) is 5.45. The number of aromatic hydroxyl groups is 1. The van der Waals surface area contributed by atoms with E-state index in [0.717, 1.165) is 0 Å². The third kappa shape index (κ3) is 5.01. The van der Waals surface area contributed by atoms with Gasteiger partial charge in [-0.25, -0.2) is 0 Å². The maximum Gasteiger partial charge on any atom is 0.251 e. The molecule has 0 spiro atoms. The molecule has 0 unspecified atom stereocenters. The van der Waals surface area contributed by atoms with Gasteiger partial charge in [0.25, 0.3) is 5.91 Å². The van der Waals surface area contributed by atoms with Crippen LogP contribution in [0.5, 0.6) is 5.75 Å². The zero-order valence-electron chi connectivity index (χ0n) is 9.48. The summed E-state index contributed by atoms with van der Waals surface area (Å²) < 4.78 is 0. The SMILES string of the molecule is NC(=O)CCCCNC(=O)c1cccc(O)c1. The molecule has 0 fully saturated rings. The number of benzene rings is 1. The quantitative estimate of drug-likeness (QED) is 0.637. The van der Waals surface area contributed by atoms with E-state index in [9.17, 15) is 14.7 Å². The Morgan fingerprint density at radius 2 is 2.06 bits per heavy atom. The predicted molar refractivity (Wildman–Crippen MR) is 63.5 cm³/mol. The number of carbonyl (C=O) groups is 2. The zero-order valence-corrected chi connectivity index (χ0v) is 9.48. The van der Waals surface area contributed by atoms with E-state index in [1.54, 1.807) is 12.1 Å². The lowest BCUT2D eigenvalue weighted by Gasteiger charge is -2.04. The first-order chi connectivity index (χ1) is 8.09. The molecule has 0 atom stereocenters. The van der Waals surface area contributed by atoms with Gasteiger partial charge < -0.3 is 16.2 Å². The molecule has 5 nitrogen and oxygen atoms in total. The first kappa shape index (κ1) is 13.0. The second-order valence-electron chi connectivity index (χ2n) is 3.73. The van der Waals surface area contributed by atoms with Crippen LogP contribution in [0, 0.1) is 0 Å². The van der Waals surface area contributed by atoms with Crippen molar-refractivity contribution >= 4 is 11.8 Å². The van der Waals surface area contributed by atoms with Crippen LogP contribution < -0.4 is 11.1 Å². The van der Waals surface area contributed by atoms with E-state index < -0.39 is 0 Å². The van der Waals surface area contributed by atoms with Crippen molar-refractivity contribution in [1.29, 1.82) is 0 Å². The minimum atomic E-state index is -0.329. The van der Waals surface area contributed by atoms with Crippen LogP contribution in [0.2, 0.25) is 0 Å². The second-order valence-corrected chi connectivity index (χ2v) is 3.73. The number of unbranched alkanes of at least 4 members (excludes halogenated alkanes) is 1. The van der Waals surface area contributed by atoms with Gasteiger partial charge in [0, 0.05) is 18.5 Å². The Hall–Kier alpha value is -2.04. The standard InChI is InChI=1S/C12H16N2O3/c13-11(16)6-1-2-7-14-12(17)9-4-3-5-10(15)8-9/h3-5,8,15H,1-2,6-7H2,(H2,13,16)(H,14,17). The molecule has 0 bridgehead atoms. The van der Waals surface area contributed by atoms with Gasteiger partial charge in [0.05, 0.1) is 0 Å². The molecule has 5 heteroatoms. The molecule has 1 rings (SSSR count). The minimum Gasteiger partial charge on any atom is -0.508 e. The summed E-state index contributed by atoms with van der Waals surface area (Å²) in [7, 11) is 0. The third-order valence-electron chi connectivity index (χ3n) is 2.24. The van der Waals surface area contributed by atoms with Crippen LogP contribution in [0.25, 0.3) is 0 Å². The van der Waals surface area contributed by atoms with Gasteiger partial charge in [-0.2, -0.15) is 0 Å². The molecule has 0 aliphatic heterocycles. The summed E-state index contributed by atoms with van der Waals surface area (Å²) in [5.41, 5.74) is 5.40. The van der Waals surface area contributed by atoms with E-state index in [0.29, 0.717) is 31.4 Å². The van der Waals surface area contributed by atoms with Gasteiger partial charge in [0.2, 0.25) is 5.91 Å². The smallest absolute Gasteiger partial charge is 0.251 e. The topological polar surface area (TPSA) is 92.4 Å². The van der Waals surface area contributed by atoms with Crippen molar-refractivity contribution < 1.29 is 14.7 Å². The Morgan fingerprint density at radius 3 is 2.71 bits per heavy atom. The van der Waals surface area contributed by atoms with Gasteiger partial charge in [-0.3, -0.25) is 9.59 Å². The number of primary amides is 1. The van der Waals surface area contributed by atoms with Gasteiger partial charge in [0.1, 0.15) is 5.75 Å².